The number of nitrogens with zero attached hydrogens (tertiary/aromatic N) is 5. The fourth-order valence-electron chi connectivity index (χ4n) is 3.23. The van der Waals surface area contributed by atoms with Crippen LogP contribution >= 0.6 is 0 Å². The number of piperazine rings is 1. The summed E-state index contributed by atoms with van der Waals surface area (Å²) in [5, 5.41) is 3.44. The van der Waals surface area contributed by atoms with Crippen LogP contribution in [0.15, 0.2) is 36.0 Å². The van der Waals surface area contributed by atoms with Crippen molar-refractivity contribution in [3.63, 3.8) is 0 Å². The van der Waals surface area contributed by atoms with Gasteiger partial charge in [0.25, 0.3) is 0 Å². The molecule has 1 N–H and O–H groups in total. The molecule has 6 nitrogen and oxygen atoms in total. The van der Waals surface area contributed by atoms with Crippen molar-refractivity contribution in [2.45, 2.75) is 32.2 Å². The van der Waals surface area contributed by atoms with E-state index >= 15 is 0 Å². The number of aromatic nitrogens is 1. The smallest absolute Gasteiger partial charge is 0.193 e. The largest absolute Gasteiger partial charge is 0.354 e. The molecule has 0 unspecified atom stereocenters. The molecule has 0 radical (unpaired) electrons. The Bertz CT molecular complexity index is 575. The van der Waals surface area contributed by atoms with Crippen LogP contribution in [-0.2, 0) is 6.54 Å². The summed E-state index contributed by atoms with van der Waals surface area (Å²) in [5.41, 5.74) is 1.17. The normalized spacial score (nSPS) is 15.7. The molecule has 2 rings (SSSR count). The highest BCUT2D eigenvalue weighted by atomic mass is 15.3. The highest BCUT2D eigenvalue weighted by Crippen LogP contribution is 2.13. The van der Waals surface area contributed by atoms with E-state index in [-0.39, 0.29) is 0 Å². The molecule has 6 heteroatoms. The molecule has 0 saturated carbocycles. The van der Waals surface area contributed by atoms with Gasteiger partial charge < -0.3 is 20.0 Å². The highest BCUT2D eigenvalue weighted by Gasteiger charge is 2.15. The molecule has 0 aromatic carbocycles. The molecule has 1 saturated heterocycles. The minimum atomic E-state index is 0.740. The second kappa shape index (κ2) is 11.6. The molecular formula is C21H36N6. The zero-order valence-corrected chi connectivity index (χ0v) is 17.3. The van der Waals surface area contributed by atoms with Crippen molar-refractivity contribution in [3.05, 3.63) is 36.5 Å². The van der Waals surface area contributed by atoms with Crippen LogP contribution in [0, 0.1) is 0 Å². The van der Waals surface area contributed by atoms with E-state index in [1.807, 2.05) is 19.3 Å². The number of hydrogen-bond donors (Lipinski definition) is 1. The maximum atomic E-state index is 4.66. The molecule has 1 aliphatic heterocycles. The predicted molar refractivity (Wildman–Crippen MR) is 115 cm³/mol. The molecule has 0 bridgehead atoms. The maximum absolute atomic E-state index is 4.66. The summed E-state index contributed by atoms with van der Waals surface area (Å²) in [7, 11) is 6.10. The number of hydrogen-bond acceptors (Lipinski definition) is 4. The summed E-state index contributed by atoms with van der Waals surface area (Å²) in [6.07, 6.45) is 8.69. The van der Waals surface area contributed by atoms with E-state index in [9.17, 15) is 0 Å². The summed E-state index contributed by atoms with van der Waals surface area (Å²) < 4.78 is 0. The topological polar surface area (TPSA) is 47.0 Å². The zero-order chi connectivity index (χ0) is 19.5. The van der Waals surface area contributed by atoms with Crippen LogP contribution in [-0.4, -0.2) is 74.6 Å². The van der Waals surface area contributed by atoms with E-state index in [4.69, 9.17) is 0 Å². The van der Waals surface area contributed by atoms with E-state index in [0.717, 1.165) is 57.5 Å². The van der Waals surface area contributed by atoms with Crippen LogP contribution in [0.3, 0.4) is 0 Å². The summed E-state index contributed by atoms with van der Waals surface area (Å²) >= 11 is 0. The Hall–Kier alpha value is -2.08. The van der Waals surface area contributed by atoms with Crippen molar-refractivity contribution < 1.29 is 0 Å². The summed E-state index contributed by atoms with van der Waals surface area (Å²) in [6.45, 7) is 9.82. The van der Waals surface area contributed by atoms with Gasteiger partial charge in [0.1, 0.15) is 5.82 Å². The number of allylic oxidation sites excluding steroid dienone is 1. The van der Waals surface area contributed by atoms with Gasteiger partial charge in [-0.05, 0) is 37.9 Å². The van der Waals surface area contributed by atoms with Crippen LogP contribution in [0.2, 0.25) is 0 Å². The molecule has 27 heavy (non-hydrogen) atoms. The Morgan fingerprint density at radius 3 is 2.67 bits per heavy atom. The van der Waals surface area contributed by atoms with Crippen LogP contribution in [0.4, 0.5) is 5.82 Å². The Balaban J connectivity index is 1.76. The lowest BCUT2D eigenvalue weighted by Gasteiger charge is -2.33. The molecule has 0 spiro atoms. The molecule has 2 heterocycles. The highest BCUT2D eigenvalue weighted by molar-refractivity contribution is 5.79. The zero-order valence-electron chi connectivity index (χ0n) is 17.3. The van der Waals surface area contributed by atoms with Crippen LogP contribution < -0.4 is 10.2 Å². The van der Waals surface area contributed by atoms with Crippen molar-refractivity contribution in [2.75, 3.05) is 58.8 Å². The van der Waals surface area contributed by atoms with E-state index in [0.29, 0.717) is 0 Å². The number of unbranched alkanes of at least 4 members (excludes halogenated alkanes) is 3. The van der Waals surface area contributed by atoms with Gasteiger partial charge in [-0.3, -0.25) is 4.99 Å². The lowest BCUT2D eigenvalue weighted by atomic mass is 10.2. The Kier molecular flexibility index (Phi) is 9.11. The Labute approximate surface area is 165 Å². The van der Waals surface area contributed by atoms with E-state index in [1.54, 1.807) is 0 Å². The van der Waals surface area contributed by atoms with Crippen LogP contribution in [0.25, 0.3) is 0 Å². The second-order valence-electron chi connectivity index (χ2n) is 7.28. The first-order valence-electron chi connectivity index (χ1n) is 10.0. The standard InChI is InChI=1S/C21H36N6/c1-5-6-7-8-9-12-26(4)21(22-2)24-18-19-10-11-20(23-17-19)27-15-13-25(3)14-16-27/h5,10-11,17H,1,6-9,12-16,18H2,2-4H3,(H,22,24). The first kappa shape index (κ1) is 21.2. The SMILES string of the molecule is C=CCCCCCN(C)C(=NC)NCc1ccc(N2CCN(C)CC2)nc1. The molecule has 1 aromatic heterocycles. The van der Waals surface area contributed by atoms with Gasteiger partial charge in [0, 0.05) is 59.6 Å². The average Bonchev–Trinajstić information content (AvgIpc) is 2.69. The van der Waals surface area contributed by atoms with Crippen molar-refractivity contribution in [2.24, 2.45) is 4.99 Å². The number of guanidine groups is 1. The first-order valence-corrected chi connectivity index (χ1v) is 10.0. The van der Waals surface area contributed by atoms with Crippen molar-refractivity contribution in [1.82, 2.24) is 20.1 Å². The molecule has 0 aliphatic carbocycles. The number of anilines is 1. The van der Waals surface area contributed by atoms with Gasteiger partial charge in [-0.1, -0.05) is 18.6 Å². The molecule has 1 aromatic rings. The quantitative estimate of drug-likeness (QED) is 0.312. The monoisotopic (exact) mass is 372 g/mol. The number of aliphatic imine (C=N–C) groups is 1. The van der Waals surface area contributed by atoms with Gasteiger partial charge in [-0.25, -0.2) is 4.98 Å². The molecular weight excluding hydrogens is 336 g/mol. The third kappa shape index (κ3) is 7.21. The Morgan fingerprint density at radius 1 is 1.26 bits per heavy atom. The second-order valence-corrected chi connectivity index (χ2v) is 7.28. The average molecular weight is 373 g/mol. The third-order valence-electron chi connectivity index (χ3n) is 5.06. The Morgan fingerprint density at radius 2 is 2.04 bits per heavy atom. The lowest BCUT2D eigenvalue weighted by molar-refractivity contribution is 0.312. The molecule has 150 valence electrons. The molecule has 1 fully saturated rings. The summed E-state index contributed by atoms with van der Waals surface area (Å²) in [5.74, 6) is 2.01. The third-order valence-corrected chi connectivity index (χ3v) is 5.06. The van der Waals surface area contributed by atoms with Crippen LogP contribution in [0.1, 0.15) is 31.2 Å². The number of pyridine rings is 1. The minimum Gasteiger partial charge on any atom is -0.354 e. The molecule has 0 atom stereocenters. The van der Waals surface area contributed by atoms with Crippen molar-refractivity contribution in [3.8, 4) is 0 Å². The fraction of sp³-hybridized carbons (Fsp3) is 0.619. The maximum Gasteiger partial charge on any atom is 0.193 e. The fourth-order valence-corrected chi connectivity index (χ4v) is 3.23. The van der Waals surface area contributed by atoms with E-state index < -0.39 is 0 Å². The van der Waals surface area contributed by atoms with Gasteiger partial charge in [0.2, 0.25) is 0 Å². The van der Waals surface area contributed by atoms with E-state index in [1.165, 1.54) is 24.8 Å². The van der Waals surface area contributed by atoms with Crippen molar-refractivity contribution in [1.29, 1.82) is 0 Å². The van der Waals surface area contributed by atoms with Gasteiger partial charge in [-0.15, -0.1) is 6.58 Å². The number of likely N-dealkylation sites (N-methyl/N-ethyl adjacent to an activating group) is 1. The van der Waals surface area contributed by atoms with Gasteiger partial charge >= 0.3 is 0 Å². The minimum absolute atomic E-state index is 0.740. The first-order chi connectivity index (χ1) is 13.1. The van der Waals surface area contributed by atoms with Crippen molar-refractivity contribution >= 4 is 11.8 Å². The summed E-state index contributed by atoms with van der Waals surface area (Å²) in [6, 6.07) is 4.30. The molecule has 1 aliphatic rings. The van der Waals surface area contributed by atoms with E-state index in [2.05, 4.69) is 62.8 Å². The summed E-state index contributed by atoms with van der Waals surface area (Å²) in [4.78, 5) is 16.0. The predicted octanol–water partition coefficient (Wildman–Crippen LogP) is 2.59. The van der Waals surface area contributed by atoms with Gasteiger partial charge in [0.05, 0.1) is 0 Å². The van der Waals surface area contributed by atoms with Crippen LogP contribution in [0.5, 0.6) is 0 Å². The number of rotatable bonds is 9. The van der Waals surface area contributed by atoms with Gasteiger partial charge in [-0.2, -0.15) is 0 Å². The number of nitrogens with one attached hydrogen (secondary N) is 1. The van der Waals surface area contributed by atoms with Gasteiger partial charge in [0.15, 0.2) is 5.96 Å². The lowest BCUT2D eigenvalue weighted by Crippen LogP contribution is -2.44. The molecule has 0 amide bonds.